The van der Waals surface area contributed by atoms with Gasteiger partial charge in [-0.15, -0.1) is 0 Å². The molecule has 0 spiro atoms. The van der Waals surface area contributed by atoms with E-state index in [9.17, 15) is 9.18 Å². The SMILES string of the molecule is COc1c(C)cc(C2(N=C=O)CC2)c(F)c1OC. The summed E-state index contributed by atoms with van der Waals surface area (Å²) in [5, 5.41) is 0. The highest BCUT2D eigenvalue weighted by Gasteiger charge is 2.48. The number of benzene rings is 1. The number of ether oxygens (including phenoxy) is 2. The lowest BCUT2D eigenvalue weighted by molar-refractivity contribution is 0.332. The zero-order valence-electron chi connectivity index (χ0n) is 10.5. The second kappa shape index (κ2) is 4.42. The second-order valence-corrected chi connectivity index (χ2v) is 4.36. The molecule has 1 aliphatic rings. The highest BCUT2D eigenvalue weighted by Crippen LogP contribution is 2.52. The minimum absolute atomic E-state index is 0.0554. The van der Waals surface area contributed by atoms with Gasteiger partial charge in [-0.1, -0.05) is 0 Å². The average Bonchev–Trinajstić information content (AvgIpc) is 3.12. The third kappa shape index (κ3) is 1.77. The van der Waals surface area contributed by atoms with Gasteiger partial charge >= 0.3 is 0 Å². The molecular formula is C13H14FNO3. The van der Waals surface area contributed by atoms with Crippen molar-refractivity contribution in [2.75, 3.05) is 14.2 Å². The zero-order chi connectivity index (χ0) is 13.3. The van der Waals surface area contributed by atoms with Crippen LogP contribution in [-0.4, -0.2) is 20.3 Å². The largest absolute Gasteiger partial charge is 0.492 e. The minimum Gasteiger partial charge on any atom is -0.492 e. The summed E-state index contributed by atoms with van der Waals surface area (Å²) in [6.45, 7) is 1.80. The molecule has 0 atom stereocenters. The Morgan fingerprint density at radius 3 is 2.39 bits per heavy atom. The summed E-state index contributed by atoms with van der Waals surface area (Å²) >= 11 is 0. The molecule has 0 aliphatic heterocycles. The van der Waals surface area contributed by atoms with E-state index in [1.165, 1.54) is 20.3 Å². The van der Waals surface area contributed by atoms with Crippen molar-refractivity contribution >= 4 is 6.08 Å². The third-order valence-corrected chi connectivity index (χ3v) is 3.25. The third-order valence-electron chi connectivity index (χ3n) is 3.25. The van der Waals surface area contributed by atoms with E-state index in [1.807, 2.05) is 0 Å². The molecule has 18 heavy (non-hydrogen) atoms. The number of methoxy groups -OCH3 is 2. The normalized spacial score (nSPS) is 15.8. The molecule has 2 rings (SSSR count). The van der Waals surface area contributed by atoms with Gasteiger partial charge in [0.15, 0.2) is 17.3 Å². The topological polar surface area (TPSA) is 47.9 Å². The Bertz CT molecular complexity index is 532. The van der Waals surface area contributed by atoms with Gasteiger partial charge in [-0.25, -0.2) is 9.18 Å². The number of hydrogen-bond acceptors (Lipinski definition) is 4. The van der Waals surface area contributed by atoms with Crippen molar-refractivity contribution in [1.29, 1.82) is 0 Å². The maximum atomic E-state index is 14.4. The molecule has 1 saturated carbocycles. The fraction of sp³-hybridized carbons (Fsp3) is 0.462. The summed E-state index contributed by atoms with van der Waals surface area (Å²) < 4.78 is 24.5. The first-order valence-electron chi connectivity index (χ1n) is 5.60. The van der Waals surface area contributed by atoms with Crippen LogP contribution in [0.25, 0.3) is 0 Å². The molecular weight excluding hydrogens is 237 g/mol. The number of aryl methyl sites for hydroxylation is 1. The Hall–Kier alpha value is -1.87. The summed E-state index contributed by atoms with van der Waals surface area (Å²) in [5.41, 5.74) is 0.370. The average molecular weight is 251 g/mol. The van der Waals surface area contributed by atoms with Crippen LogP contribution < -0.4 is 9.47 Å². The fourth-order valence-electron chi connectivity index (χ4n) is 2.17. The molecule has 0 heterocycles. The molecule has 1 aromatic rings. The van der Waals surface area contributed by atoms with E-state index >= 15 is 0 Å². The van der Waals surface area contributed by atoms with E-state index in [-0.39, 0.29) is 5.75 Å². The molecule has 1 fully saturated rings. The molecule has 0 aromatic heterocycles. The van der Waals surface area contributed by atoms with E-state index in [0.29, 0.717) is 24.2 Å². The smallest absolute Gasteiger partial charge is 0.235 e. The highest BCUT2D eigenvalue weighted by molar-refractivity contribution is 5.54. The monoisotopic (exact) mass is 251 g/mol. The number of carbonyl (C=O) groups excluding carboxylic acids is 1. The van der Waals surface area contributed by atoms with Crippen molar-refractivity contribution in [3.8, 4) is 11.5 Å². The number of isocyanates is 1. The van der Waals surface area contributed by atoms with Gasteiger partial charge in [-0.2, -0.15) is 4.99 Å². The van der Waals surface area contributed by atoms with Gasteiger partial charge in [0.1, 0.15) is 5.54 Å². The van der Waals surface area contributed by atoms with Gasteiger partial charge in [0.05, 0.1) is 14.2 Å². The van der Waals surface area contributed by atoms with E-state index in [4.69, 9.17) is 9.47 Å². The molecule has 0 bridgehead atoms. The van der Waals surface area contributed by atoms with Crippen molar-refractivity contribution in [2.45, 2.75) is 25.3 Å². The van der Waals surface area contributed by atoms with E-state index in [2.05, 4.69) is 4.99 Å². The van der Waals surface area contributed by atoms with Crippen LogP contribution in [0.3, 0.4) is 0 Å². The Balaban J connectivity index is 2.64. The first-order valence-corrected chi connectivity index (χ1v) is 5.60. The van der Waals surface area contributed by atoms with Crippen LogP contribution in [0.2, 0.25) is 0 Å². The van der Waals surface area contributed by atoms with Crippen LogP contribution in [0.4, 0.5) is 4.39 Å². The molecule has 0 unspecified atom stereocenters. The van der Waals surface area contributed by atoms with Gasteiger partial charge in [-0.05, 0) is 31.4 Å². The summed E-state index contributed by atoms with van der Waals surface area (Å²) in [5.74, 6) is -0.0963. The number of hydrogen-bond donors (Lipinski definition) is 0. The quantitative estimate of drug-likeness (QED) is 0.610. The minimum atomic E-state index is -0.754. The predicted molar refractivity (Wildman–Crippen MR) is 63.3 cm³/mol. The summed E-state index contributed by atoms with van der Waals surface area (Å²) in [6.07, 6.45) is 2.81. The summed E-state index contributed by atoms with van der Waals surface area (Å²) in [4.78, 5) is 14.2. The molecule has 0 radical (unpaired) electrons. The van der Waals surface area contributed by atoms with Crippen LogP contribution in [0.15, 0.2) is 11.1 Å². The lowest BCUT2D eigenvalue weighted by Gasteiger charge is -2.17. The van der Waals surface area contributed by atoms with E-state index < -0.39 is 11.4 Å². The maximum Gasteiger partial charge on any atom is 0.235 e. The van der Waals surface area contributed by atoms with Crippen LogP contribution >= 0.6 is 0 Å². The first kappa shape index (κ1) is 12.6. The lowest BCUT2D eigenvalue weighted by Crippen LogP contribution is -2.09. The number of nitrogens with zero attached hydrogens (tertiary/aromatic N) is 1. The van der Waals surface area contributed by atoms with Gasteiger partial charge in [0.2, 0.25) is 6.08 Å². The van der Waals surface area contributed by atoms with Crippen molar-refractivity contribution in [1.82, 2.24) is 0 Å². The number of rotatable bonds is 4. The Morgan fingerprint density at radius 1 is 1.33 bits per heavy atom. The van der Waals surface area contributed by atoms with E-state index in [1.54, 1.807) is 13.0 Å². The second-order valence-electron chi connectivity index (χ2n) is 4.36. The Kier molecular flexibility index (Phi) is 3.09. The van der Waals surface area contributed by atoms with Gasteiger partial charge in [0.25, 0.3) is 0 Å². The van der Waals surface area contributed by atoms with Gasteiger partial charge in [0, 0.05) is 5.56 Å². The zero-order valence-corrected chi connectivity index (χ0v) is 10.5. The summed E-state index contributed by atoms with van der Waals surface area (Å²) in [6, 6.07) is 1.66. The fourth-order valence-corrected chi connectivity index (χ4v) is 2.17. The number of aliphatic imine (C=N–C) groups is 1. The lowest BCUT2D eigenvalue weighted by atomic mass is 10.0. The van der Waals surface area contributed by atoms with E-state index in [0.717, 1.165) is 5.56 Å². The molecule has 1 aromatic carbocycles. The van der Waals surface area contributed by atoms with Gasteiger partial charge < -0.3 is 9.47 Å². The molecule has 1 aliphatic carbocycles. The molecule has 4 nitrogen and oxygen atoms in total. The van der Waals surface area contributed by atoms with Crippen LogP contribution in [0.5, 0.6) is 11.5 Å². The number of halogens is 1. The van der Waals surface area contributed by atoms with Crippen molar-refractivity contribution in [2.24, 2.45) is 4.99 Å². The maximum absolute atomic E-state index is 14.4. The van der Waals surface area contributed by atoms with Crippen molar-refractivity contribution in [3.63, 3.8) is 0 Å². The molecule has 0 N–H and O–H groups in total. The molecule has 5 heteroatoms. The Labute approximate surface area is 104 Å². The van der Waals surface area contributed by atoms with Crippen molar-refractivity contribution < 1.29 is 18.7 Å². The van der Waals surface area contributed by atoms with Gasteiger partial charge in [-0.3, -0.25) is 0 Å². The van der Waals surface area contributed by atoms with Crippen LogP contribution in [-0.2, 0) is 10.3 Å². The van der Waals surface area contributed by atoms with Crippen LogP contribution in [0.1, 0.15) is 24.0 Å². The standard InChI is InChI=1S/C13H14FNO3/c1-8-6-9(13(4-5-13)15-7-16)10(14)12(18-3)11(8)17-2/h6H,4-5H2,1-3H3. The highest BCUT2D eigenvalue weighted by atomic mass is 19.1. The molecule has 96 valence electrons. The predicted octanol–water partition coefficient (Wildman–Crippen LogP) is 2.48. The first-order chi connectivity index (χ1) is 8.59. The molecule has 0 saturated heterocycles. The Morgan fingerprint density at radius 2 is 1.94 bits per heavy atom. The van der Waals surface area contributed by atoms with Crippen molar-refractivity contribution in [3.05, 3.63) is 23.0 Å². The van der Waals surface area contributed by atoms with Crippen LogP contribution in [0, 0.1) is 12.7 Å². The molecule has 0 amide bonds. The summed E-state index contributed by atoms with van der Waals surface area (Å²) in [7, 11) is 2.84.